The van der Waals surface area contributed by atoms with E-state index in [0.29, 0.717) is 24.5 Å². The van der Waals surface area contributed by atoms with E-state index < -0.39 is 0 Å². The molecule has 0 fully saturated rings. The molecule has 2 heterocycles. The van der Waals surface area contributed by atoms with Crippen LogP contribution in [0.4, 0.5) is 5.13 Å². The number of nitrogens with one attached hydrogen (secondary N) is 1. The molecule has 21 heavy (non-hydrogen) atoms. The van der Waals surface area contributed by atoms with Gasteiger partial charge < -0.3 is 10.2 Å². The number of carbonyl (C=O) groups excluding carboxylic acids is 1. The molecule has 0 bridgehead atoms. The highest BCUT2D eigenvalue weighted by atomic mass is 32.1. The van der Waals surface area contributed by atoms with Gasteiger partial charge in [-0.1, -0.05) is 11.3 Å². The first-order valence-corrected chi connectivity index (χ1v) is 7.54. The van der Waals surface area contributed by atoms with Gasteiger partial charge in [0, 0.05) is 25.9 Å². The molecule has 0 spiro atoms. The summed E-state index contributed by atoms with van der Waals surface area (Å²) in [6.07, 6.45) is 5.09. The van der Waals surface area contributed by atoms with Crippen LogP contribution < -0.4 is 5.32 Å². The average Bonchev–Trinajstić information content (AvgIpc) is 3.08. The maximum Gasteiger partial charge on any atom is 0.226 e. The van der Waals surface area contributed by atoms with Gasteiger partial charge in [-0.25, -0.2) is 4.98 Å². The van der Waals surface area contributed by atoms with Crippen molar-refractivity contribution in [1.29, 1.82) is 0 Å². The zero-order valence-electron chi connectivity index (χ0n) is 12.2. The van der Waals surface area contributed by atoms with Crippen molar-refractivity contribution in [3.05, 3.63) is 17.7 Å². The van der Waals surface area contributed by atoms with Crippen molar-refractivity contribution in [2.24, 2.45) is 0 Å². The molecular formula is C12H19N7OS. The number of hydrogen-bond acceptors (Lipinski definition) is 7. The molecule has 0 aliphatic rings. The third kappa shape index (κ3) is 5.56. The molecule has 0 aliphatic heterocycles. The number of rotatable bonds is 8. The number of aromatic nitrogens is 5. The lowest BCUT2D eigenvalue weighted by Gasteiger charge is -2.05. The Labute approximate surface area is 127 Å². The van der Waals surface area contributed by atoms with E-state index in [1.54, 1.807) is 11.0 Å². The van der Waals surface area contributed by atoms with Gasteiger partial charge in [0.05, 0.1) is 0 Å². The molecule has 9 heteroatoms. The Kier molecular flexibility index (Phi) is 5.76. The molecule has 8 nitrogen and oxygen atoms in total. The minimum absolute atomic E-state index is 0.0505. The summed E-state index contributed by atoms with van der Waals surface area (Å²) in [5.74, 6) is -0.0505. The quantitative estimate of drug-likeness (QED) is 0.770. The van der Waals surface area contributed by atoms with Gasteiger partial charge in [-0.15, -0.1) is 10.2 Å². The van der Waals surface area contributed by atoms with Crippen molar-refractivity contribution >= 4 is 22.4 Å². The van der Waals surface area contributed by atoms with Crippen LogP contribution in [-0.2, 0) is 17.8 Å². The minimum atomic E-state index is -0.0505. The Morgan fingerprint density at radius 2 is 2.29 bits per heavy atom. The largest absolute Gasteiger partial charge is 0.309 e. The molecule has 1 N–H and O–H groups in total. The third-order valence-electron chi connectivity index (χ3n) is 2.74. The maximum absolute atomic E-state index is 11.8. The normalized spacial score (nSPS) is 11.0. The summed E-state index contributed by atoms with van der Waals surface area (Å²) >= 11 is 1.43. The van der Waals surface area contributed by atoms with Gasteiger partial charge in [-0.05, 0) is 20.5 Å². The zero-order valence-corrected chi connectivity index (χ0v) is 13.0. The summed E-state index contributed by atoms with van der Waals surface area (Å²) in [4.78, 5) is 17.7. The lowest BCUT2D eigenvalue weighted by atomic mass is 10.3. The van der Waals surface area contributed by atoms with Crippen molar-refractivity contribution in [3.63, 3.8) is 0 Å². The number of hydrogen-bond donors (Lipinski definition) is 1. The van der Waals surface area contributed by atoms with Crippen molar-refractivity contribution in [2.45, 2.75) is 25.8 Å². The van der Waals surface area contributed by atoms with E-state index in [1.165, 1.54) is 17.7 Å². The SMILES string of the molecule is CN(C)CCc1nnc(NC(=O)CCCn2cncn2)s1. The Bertz CT molecular complexity index is 552. The average molecular weight is 309 g/mol. The maximum atomic E-state index is 11.8. The van der Waals surface area contributed by atoms with E-state index in [0.717, 1.165) is 18.0 Å². The van der Waals surface area contributed by atoms with Crippen LogP contribution in [0.5, 0.6) is 0 Å². The Morgan fingerprint density at radius 1 is 1.43 bits per heavy atom. The fourth-order valence-electron chi connectivity index (χ4n) is 1.66. The first-order valence-electron chi connectivity index (χ1n) is 6.73. The second kappa shape index (κ2) is 7.79. The minimum Gasteiger partial charge on any atom is -0.309 e. The number of aryl methyl sites for hydroxylation is 1. The first-order chi connectivity index (χ1) is 10.1. The predicted molar refractivity (Wildman–Crippen MR) is 80.1 cm³/mol. The van der Waals surface area contributed by atoms with Gasteiger partial charge in [0.25, 0.3) is 0 Å². The van der Waals surface area contributed by atoms with E-state index in [2.05, 4.69) is 30.5 Å². The van der Waals surface area contributed by atoms with Gasteiger partial charge in [0.15, 0.2) is 0 Å². The number of carbonyl (C=O) groups is 1. The summed E-state index contributed by atoms with van der Waals surface area (Å²) in [5, 5.41) is 16.3. The van der Waals surface area contributed by atoms with Crippen molar-refractivity contribution in [1.82, 2.24) is 29.9 Å². The van der Waals surface area contributed by atoms with Crippen LogP contribution in [0.25, 0.3) is 0 Å². The first kappa shape index (κ1) is 15.5. The molecule has 114 valence electrons. The topological polar surface area (TPSA) is 88.8 Å². The van der Waals surface area contributed by atoms with E-state index >= 15 is 0 Å². The fourth-order valence-corrected chi connectivity index (χ4v) is 2.40. The molecule has 2 rings (SSSR count). The summed E-state index contributed by atoms with van der Waals surface area (Å²) in [5.41, 5.74) is 0. The predicted octanol–water partition coefficient (Wildman–Crippen LogP) is 0.653. The molecule has 1 amide bonds. The molecule has 0 unspecified atom stereocenters. The Balaban J connectivity index is 1.69. The zero-order chi connectivity index (χ0) is 15.1. The monoisotopic (exact) mass is 309 g/mol. The molecule has 0 aliphatic carbocycles. The summed E-state index contributed by atoms with van der Waals surface area (Å²) < 4.78 is 1.71. The van der Waals surface area contributed by atoms with Crippen LogP contribution in [0.1, 0.15) is 17.8 Å². The van der Waals surface area contributed by atoms with E-state index in [1.807, 2.05) is 14.1 Å². The Morgan fingerprint density at radius 3 is 3.00 bits per heavy atom. The molecule has 0 saturated heterocycles. The number of nitrogens with zero attached hydrogens (tertiary/aromatic N) is 6. The molecule has 2 aromatic heterocycles. The van der Waals surface area contributed by atoms with E-state index in [4.69, 9.17) is 0 Å². The lowest BCUT2D eigenvalue weighted by molar-refractivity contribution is -0.116. The third-order valence-corrected chi connectivity index (χ3v) is 3.64. The van der Waals surface area contributed by atoms with Crippen LogP contribution in [0, 0.1) is 0 Å². The second-order valence-corrected chi connectivity index (χ2v) is 5.93. The summed E-state index contributed by atoms with van der Waals surface area (Å²) in [7, 11) is 4.03. The molecular weight excluding hydrogens is 290 g/mol. The molecule has 0 atom stereocenters. The summed E-state index contributed by atoms with van der Waals surface area (Å²) in [6.45, 7) is 1.60. The molecule has 0 saturated carbocycles. The van der Waals surface area contributed by atoms with Crippen molar-refractivity contribution in [3.8, 4) is 0 Å². The van der Waals surface area contributed by atoms with Gasteiger partial charge in [0.1, 0.15) is 17.7 Å². The molecule has 2 aromatic rings. The molecule has 0 radical (unpaired) electrons. The number of amides is 1. The lowest BCUT2D eigenvalue weighted by Crippen LogP contribution is -2.14. The van der Waals surface area contributed by atoms with E-state index in [-0.39, 0.29) is 5.91 Å². The standard InChI is InChI=1S/C12H19N7OS/c1-18(2)7-5-11-16-17-12(21-11)15-10(20)4-3-6-19-9-13-8-14-19/h8-9H,3-7H2,1-2H3,(H,15,17,20). The van der Waals surface area contributed by atoms with Crippen LogP contribution in [-0.4, -0.2) is 56.4 Å². The fraction of sp³-hybridized carbons (Fsp3) is 0.583. The van der Waals surface area contributed by atoms with Crippen LogP contribution in [0.2, 0.25) is 0 Å². The second-order valence-electron chi connectivity index (χ2n) is 4.86. The van der Waals surface area contributed by atoms with Gasteiger partial charge in [-0.3, -0.25) is 9.48 Å². The van der Waals surface area contributed by atoms with E-state index in [9.17, 15) is 4.79 Å². The van der Waals surface area contributed by atoms with Crippen LogP contribution in [0.15, 0.2) is 12.7 Å². The van der Waals surface area contributed by atoms with Crippen molar-refractivity contribution in [2.75, 3.05) is 26.0 Å². The van der Waals surface area contributed by atoms with Crippen LogP contribution in [0.3, 0.4) is 0 Å². The summed E-state index contributed by atoms with van der Waals surface area (Å²) in [6, 6.07) is 0. The van der Waals surface area contributed by atoms with Gasteiger partial charge in [0.2, 0.25) is 11.0 Å². The smallest absolute Gasteiger partial charge is 0.226 e. The van der Waals surface area contributed by atoms with Gasteiger partial charge in [-0.2, -0.15) is 5.10 Å². The van der Waals surface area contributed by atoms with Crippen molar-refractivity contribution < 1.29 is 4.79 Å². The van der Waals surface area contributed by atoms with Gasteiger partial charge >= 0.3 is 0 Å². The highest BCUT2D eigenvalue weighted by molar-refractivity contribution is 7.15. The number of likely N-dealkylation sites (N-methyl/N-ethyl adjacent to an activating group) is 1. The molecule has 0 aromatic carbocycles. The van der Waals surface area contributed by atoms with Crippen LogP contribution >= 0.6 is 11.3 Å². The highest BCUT2D eigenvalue weighted by Crippen LogP contribution is 2.16. The highest BCUT2D eigenvalue weighted by Gasteiger charge is 2.08. The Hall–Kier alpha value is -1.87. The number of anilines is 1.